The highest BCUT2D eigenvalue weighted by Gasteiger charge is 2.33. The molecule has 3 heterocycles. The maximum absolute atomic E-state index is 12.8. The standard InChI is InChI=1S/C28H34N4O3/c1-20-17-31(13-14-32(20)28(33)35-18-21-8-4-2-5-9-21)27-24(16-29)23-12-15-34-19-25(23)26(30-27)22-10-6-3-7-11-22/h2,4-5,8-9,20,22H,3,6-7,10-15,17-19H2,1H3/t20-/m1/s1. The quantitative estimate of drug-likeness (QED) is 0.626. The molecule has 2 fully saturated rings. The van der Waals surface area contributed by atoms with Gasteiger partial charge < -0.3 is 19.3 Å². The average Bonchev–Trinajstić information content (AvgIpc) is 2.91. The fourth-order valence-corrected chi connectivity index (χ4v) is 5.75. The number of benzene rings is 1. The number of piperazine rings is 1. The van der Waals surface area contributed by atoms with Gasteiger partial charge in [-0.05, 0) is 37.3 Å². The number of ether oxygens (including phenoxy) is 2. The minimum absolute atomic E-state index is 0.0436. The number of amides is 1. The molecule has 0 bridgehead atoms. The number of nitrogens with zero attached hydrogens (tertiary/aromatic N) is 4. The monoisotopic (exact) mass is 474 g/mol. The Balaban J connectivity index is 1.35. The van der Waals surface area contributed by atoms with Gasteiger partial charge in [0, 0.05) is 37.2 Å². The number of rotatable bonds is 4. The summed E-state index contributed by atoms with van der Waals surface area (Å²) in [5.74, 6) is 1.23. The zero-order valence-electron chi connectivity index (χ0n) is 20.5. The predicted molar refractivity (Wildman–Crippen MR) is 133 cm³/mol. The number of anilines is 1. The van der Waals surface area contributed by atoms with Gasteiger partial charge in [-0.3, -0.25) is 0 Å². The summed E-state index contributed by atoms with van der Waals surface area (Å²) in [7, 11) is 0. The molecule has 2 aromatic rings. The van der Waals surface area contributed by atoms with Gasteiger partial charge in [0.1, 0.15) is 18.5 Å². The lowest BCUT2D eigenvalue weighted by atomic mass is 9.82. The van der Waals surface area contributed by atoms with Crippen LogP contribution in [0, 0.1) is 11.3 Å². The molecule has 0 N–H and O–H groups in total. The number of carbonyl (C=O) groups is 1. The van der Waals surface area contributed by atoms with Crippen LogP contribution < -0.4 is 4.90 Å². The van der Waals surface area contributed by atoms with Gasteiger partial charge >= 0.3 is 6.09 Å². The van der Waals surface area contributed by atoms with Crippen LogP contribution in [-0.4, -0.2) is 48.3 Å². The summed E-state index contributed by atoms with van der Waals surface area (Å²) in [6.07, 6.45) is 6.54. The van der Waals surface area contributed by atoms with Crippen molar-refractivity contribution < 1.29 is 14.3 Å². The molecule has 1 aromatic carbocycles. The summed E-state index contributed by atoms with van der Waals surface area (Å²) in [5.41, 5.74) is 5.09. The number of fused-ring (bicyclic) bond motifs is 1. The number of hydrogen-bond acceptors (Lipinski definition) is 6. The van der Waals surface area contributed by atoms with E-state index in [4.69, 9.17) is 14.5 Å². The van der Waals surface area contributed by atoms with E-state index < -0.39 is 0 Å². The van der Waals surface area contributed by atoms with E-state index >= 15 is 0 Å². The first-order valence-corrected chi connectivity index (χ1v) is 12.9. The molecule has 5 rings (SSSR count). The summed E-state index contributed by atoms with van der Waals surface area (Å²) in [6.45, 7) is 5.31. The summed E-state index contributed by atoms with van der Waals surface area (Å²) < 4.78 is 11.4. The predicted octanol–water partition coefficient (Wildman–Crippen LogP) is 4.92. The molecule has 1 saturated heterocycles. The highest BCUT2D eigenvalue weighted by atomic mass is 16.6. The van der Waals surface area contributed by atoms with E-state index in [1.807, 2.05) is 37.3 Å². The molecule has 35 heavy (non-hydrogen) atoms. The lowest BCUT2D eigenvalue weighted by Gasteiger charge is -2.40. The summed E-state index contributed by atoms with van der Waals surface area (Å²) in [6, 6.07) is 12.2. The molecule has 1 amide bonds. The SMILES string of the molecule is C[C@@H]1CN(c2nc(C3CCCCC3)c3c(c2C#N)CCOC3)CCN1C(=O)OCc1ccccc1. The molecule has 0 unspecified atom stereocenters. The van der Waals surface area contributed by atoms with Crippen molar-refractivity contribution in [3.8, 4) is 6.07 Å². The van der Waals surface area contributed by atoms with Gasteiger partial charge in [-0.25, -0.2) is 9.78 Å². The van der Waals surface area contributed by atoms with Gasteiger partial charge in [0.05, 0.1) is 24.5 Å². The molecule has 7 heteroatoms. The average molecular weight is 475 g/mol. The summed E-state index contributed by atoms with van der Waals surface area (Å²) >= 11 is 0. The van der Waals surface area contributed by atoms with Crippen molar-refractivity contribution in [2.45, 2.75) is 70.6 Å². The second-order valence-corrected chi connectivity index (χ2v) is 9.93. The van der Waals surface area contributed by atoms with Gasteiger partial charge in [0.2, 0.25) is 0 Å². The number of nitriles is 1. The maximum Gasteiger partial charge on any atom is 0.410 e. The smallest absolute Gasteiger partial charge is 0.410 e. The van der Waals surface area contributed by atoms with Gasteiger partial charge in [-0.2, -0.15) is 5.26 Å². The lowest BCUT2D eigenvalue weighted by Crippen LogP contribution is -2.54. The van der Waals surface area contributed by atoms with E-state index in [0.717, 1.165) is 47.5 Å². The van der Waals surface area contributed by atoms with E-state index in [9.17, 15) is 10.1 Å². The van der Waals surface area contributed by atoms with Crippen molar-refractivity contribution in [3.63, 3.8) is 0 Å². The highest BCUT2D eigenvalue weighted by Crippen LogP contribution is 2.39. The molecule has 7 nitrogen and oxygen atoms in total. The summed E-state index contributed by atoms with van der Waals surface area (Å²) in [5, 5.41) is 10.1. The fourth-order valence-electron chi connectivity index (χ4n) is 5.75. The molecular weight excluding hydrogens is 440 g/mol. The van der Waals surface area contributed by atoms with E-state index in [-0.39, 0.29) is 18.7 Å². The van der Waals surface area contributed by atoms with Crippen LogP contribution in [0.3, 0.4) is 0 Å². The lowest BCUT2D eigenvalue weighted by molar-refractivity contribution is 0.0793. The van der Waals surface area contributed by atoms with Crippen molar-refractivity contribution >= 4 is 11.9 Å². The van der Waals surface area contributed by atoms with Crippen LogP contribution in [0.1, 0.15) is 72.9 Å². The Bertz CT molecular complexity index is 1090. The molecule has 1 atom stereocenters. The molecule has 1 aromatic heterocycles. The second-order valence-electron chi connectivity index (χ2n) is 9.93. The van der Waals surface area contributed by atoms with Crippen molar-refractivity contribution in [3.05, 3.63) is 58.3 Å². The van der Waals surface area contributed by atoms with Crippen molar-refractivity contribution in [2.24, 2.45) is 0 Å². The van der Waals surface area contributed by atoms with Crippen LogP contribution in [0.25, 0.3) is 0 Å². The Kier molecular flexibility index (Phi) is 7.19. The third kappa shape index (κ3) is 4.99. The number of pyridine rings is 1. The Hall–Kier alpha value is -3.11. The minimum Gasteiger partial charge on any atom is -0.445 e. The first-order chi connectivity index (χ1) is 17.2. The van der Waals surface area contributed by atoms with E-state index in [0.29, 0.717) is 44.3 Å². The Morgan fingerprint density at radius 3 is 2.71 bits per heavy atom. The van der Waals surface area contributed by atoms with Crippen LogP contribution in [0.15, 0.2) is 30.3 Å². The third-order valence-electron chi connectivity index (χ3n) is 7.64. The maximum atomic E-state index is 12.8. The summed E-state index contributed by atoms with van der Waals surface area (Å²) in [4.78, 5) is 22.0. The van der Waals surface area contributed by atoms with E-state index in [1.54, 1.807) is 4.90 Å². The molecule has 3 aliphatic rings. The first kappa shape index (κ1) is 23.6. The van der Waals surface area contributed by atoms with Crippen LogP contribution in [0.5, 0.6) is 0 Å². The van der Waals surface area contributed by atoms with Crippen molar-refractivity contribution in [1.29, 1.82) is 5.26 Å². The van der Waals surface area contributed by atoms with Gasteiger partial charge in [0.15, 0.2) is 0 Å². The first-order valence-electron chi connectivity index (χ1n) is 12.9. The number of carbonyl (C=O) groups excluding carboxylic acids is 1. The largest absolute Gasteiger partial charge is 0.445 e. The molecule has 2 aliphatic heterocycles. The topological polar surface area (TPSA) is 78.7 Å². The van der Waals surface area contributed by atoms with Crippen LogP contribution in [-0.2, 0) is 29.1 Å². The molecule has 184 valence electrons. The third-order valence-corrected chi connectivity index (χ3v) is 7.64. The van der Waals surface area contributed by atoms with Gasteiger partial charge in [-0.15, -0.1) is 0 Å². The molecule has 1 aliphatic carbocycles. The zero-order valence-corrected chi connectivity index (χ0v) is 20.5. The normalized spacial score (nSPS) is 20.7. The minimum atomic E-state index is -0.292. The van der Waals surface area contributed by atoms with Gasteiger partial charge in [-0.1, -0.05) is 49.6 Å². The van der Waals surface area contributed by atoms with Crippen LogP contribution >= 0.6 is 0 Å². The van der Waals surface area contributed by atoms with E-state index in [1.165, 1.54) is 19.3 Å². The molecule has 0 radical (unpaired) electrons. The fraction of sp³-hybridized carbons (Fsp3) is 0.536. The Morgan fingerprint density at radius 1 is 1.17 bits per heavy atom. The highest BCUT2D eigenvalue weighted by molar-refractivity contribution is 5.69. The Labute approximate surface area is 207 Å². The van der Waals surface area contributed by atoms with Crippen molar-refractivity contribution in [2.75, 3.05) is 31.1 Å². The van der Waals surface area contributed by atoms with Gasteiger partial charge in [0.25, 0.3) is 0 Å². The van der Waals surface area contributed by atoms with E-state index in [2.05, 4.69) is 11.0 Å². The molecular formula is C28H34N4O3. The zero-order chi connectivity index (χ0) is 24.2. The second kappa shape index (κ2) is 10.7. The van der Waals surface area contributed by atoms with Crippen LogP contribution in [0.2, 0.25) is 0 Å². The molecule has 0 spiro atoms. The van der Waals surface area contributed by atoms with Crippen LogP contribution in [0.4, 0.5) is 10.6 Å². The number of aromatic nitrogens is 1. The number of hydrogen-bond donors (Lipinski definition) is 0. The molecule has 1 saturated carbocycles. The van der Waals surface area contributed by atoms with Crippen molar-refractivity contribution in [1.82, 2.24) is 9.88 Å². The Morgan fingerprint density at radius 2 is 1.97 bits per heavy atom.